The molecule has 1 amide bonds. The molecule has 2 aromatic heterocycles. The lowest BCUT2D eigenvalue weighted by atomic mass is 9.73. The van der Waals surface area contributed by atoms with E-state index in [0.29, 0.717) is 17.5 Å². The van der Waals surface area contributed by atoms with Gasteiger partial charge in [0.15, 0.2) is 0 Å². The highest BCUT2D eigenvalue weighted by molar-refractivity contribution is 5.93. The Bertz CT molecular complexity index is 1130. The lowest BCUT2D eigenvalue weighted by molar-refractivity contribution is 0.00167. The molecule has 0 spiro atoms. The van der Waals surface area contributed by atoms with Gasteiger partial charge in [0.25, 0.3) is 5.91 Å². The summed E-state index contributed by atoms with van der Waals surface area (Å²) in [5.41, 5.74) is 2.37. The molecule has 3 aliphatic rings. The summed E-state index contributed by atoms with van der Waals surface area (Å²) in [4.78, 5) is 24.5. The summed E-state index contributed by atoms with van der Waals surface area (Å²) in [5, 5.41) is 4.33. The number of carbonyl (C=O) groups excluding carboxylic acids is 1. The number of carbonyl (C=O) groups is 1. The van der Waals surface area contributed by atoms with Crippen molar-refractivity contribution in [1.29, 1.82) is 0 Å². The fraction of sp³-hybridized carbons (Fsp3) is 0.346. The second-order valence-corrected chi connectivity index (χ2v) is 8.70. The normalized spacial score (nSPS) is 25.3. The van der Waals surface area contributed by atoms with Gasteiger partial charge in [-0.1, -0.05) is 12.1 Å². The maximum Gasteiger partial charge on any atom is 0.270 e. The smallest absolute Gasteiger partial charge is 0.270 e. The molecule has 164 valence electrons. The molecule has 3 aliphatic heterocycles. The molecule has 32 heavy (non-hydrogen) atoms. The number of nitrogens with zero attached hydrogens (tertiary/aromatic N) is 3. The minimum Gasteiger partial charge on any atom is -0.497 e. The second kappa shape index (κ2) is 8.71. The van der Waals surface area contributed by atoms with Crippen LogP contribution in [0.15, 0.2) is 67.5 Å². The summed E-state index contributed by atoms with van der Waals surface area (Å²) >= 11 is 0. The average Bonchev–Trinajstić information content (AvgIpc) is 2.87. The van der Waals surface area contributed by atoms with Crippen LogP contribution in [0.2, 0.25) is 0 Å². The van der Waals surface area contributed by atoms with Crippen molar-refractivity contribution in [3.05, 3.63) is 78.8 Å². The summed E-state index contributed by atoms with van der Waals surface area (Å²) in [6.07, 6.45) is 7.78. The molecule has 5 heterocycles. The summed E-state index contributed by atoms with van der Waals surface area (Å²) in [6, 6.07) is 13.4. The van der Waals surface area contributed by atoms with E-state index in [1.807, 2.05) is 42.6 Å². The first kappa shape index (κ1) is 20.6. The van der Waals surface area contributed by atoms with E-state index in [2.05, 4.69) is 32.8 Å². The van der Waals surface area contributed by atoms with Gasteiger partial charge in [0, 0.05) is 30.4 Å². The van der Waals surface area contributed by atoms with Gasteiger partial charge in [-0.05, 0) is 73.2 Å². The Morgan fingerprint density at radius 2 is 2.16 bits per heavy atom. The van der Waals surface area contributed by atoms with Crippen LogP contribution in [0.3, 0.4) is 0 Å². The van der Waals surface area contributed by atoms with E-state index in [9.17, 15) is 4.79 Å². The molecular weight excluding hydrogens is 400 g/mol. The molecule has 2 bridgehead atoms. The topological polar surface area (TPSA) is 67.4 Å². The van der Waals surface area contributed by atoms with Gasteiger partial charge in [0.1, 0.15) is 11.4 Å². The van der Waals surface area contributed by atoms with E-state index in [0.717, 1.165) is 41.7 Å². The maximum atomic E-state index is 13.2. The Hall–Kier alpha value is -3.25. The fourth-order valence-corrected chi connectivity index (χ4v) is 5.36. The van der Waals surface area contributed by atoms with Crippen molar-refractivity contribution >= 4 is 16.8 Å². The van der Waals surface area contributed by atoms with Crippen LogP contribution >= 0.6 is 0 Å². The Labute approximate surface area is 188 Å². The molecule has 1 aromatic carbocycles. The predicted molar refractivity (Wildman–Crippen MR) is 125 cm³/mol. The SMILES string of the molecule is C=CC1CN2CCC1CC2C(NC(=O)c1ccccn1)c1ccnc2ccc(OC)cc12. The fourth-order valence-electron chi connectivity index (χ4n) is 5.36. The van der Waals surface area contributed by atoms with Gasteiger partial charge in [0.2, 0.25) is 0 Å². The summed E-state index contributed by atoms with van der Waals surface area (Å²) in [6.45, 7) is 6.08. The van der Waals surface area contributed by atoms with E-state index in [1.165, 1.54) is 6.42 Å². The van der Waals surface area contributed by atoms with Crippen molar-refractivity contribution in [1.82, 2.24) is 20.2 Å². The van der Waals surface area contributed by atoms with E-state index in [-0.39, 0.29) is 18.0 Å². The number of rotatable bonds is 6. The van der Waals surface area contributed by atoms with Crippen molar-refractivity contribution in [2.24, 2.45) is 11.8 Å². The van der Waals surface area contributed by atoms with E-state index >= 15 is 0 Å². The third-order valence-electron chi connectivity index (χ3n) is 7.04. The van der Waals surface area contributed by atoms with Crippen molar-refractivity contribution in [3.8, 4) is 5.75 Å². The maximum absolute atomic E-state index is 13.2. The van der Waals surface area contributed by atoms with Crippen LogP contribution in [-0.2, 0) is 0 Å². The van der Waals surface area contributed by atoms with Gasteiger partial charge < -0.3 is 10.1 Å². The molecule has 3 fully saturated rings. The quantitative estimate of drug-likeness (QED) is 0.601. The third kappa shape index (κ3) is 3.75. The zero-order chi connectivity index (χ0) is 22.1. The zero-order valence-corrected chi connectivity index (χ0v) is 18.3. The largest absolute Gasteiger partial charge is 0.497 e. The van der Waals surface area contributed by atoms with Gasteiger partial charge >= 0.3 is 0 Å². The molecule has 3 saturated heterocycles. The number of benzene rings is 1. The predicted octanol–water partition coefficient (Wildman–Crippen LogP) is 4.01. The van der Waals surface area contributed by atoms with Crippen molar-refractivity contribution in [2.45, 2.75) is 24.9 Å². The van der Waals surface area contributed by atoms with E-state index in [1.54, 1.807) is 19.4 Å². The number of methoxy groups -OCH3 is 1. The Kier molecular flexibility index (Phi) is 5.62. The standard InChI is InChI=1S/C26H28N4O2/c1-3-17-16-30-13-10-18(17)14-24(30)25(29-26(31)23-6-4-5-11-27-23)20-9-12-28-22-8-7-19(32-2)15-21(20)22/h3-9,11-12,15,17-18,24-25H,1,10,13-14,16H2,2H3,(H,29,31). The number of piperidine rings is 3. The summed E-state index contributed by atoms with van der Waals surface area (Å²) in [7, 11) is 1.67. The highest BCUT2D eigenvalue weighted by Gasteiger charge is 2.43. The first-order chi connectivity index (χ1) is 15.7. The number of pyridine rings is 2. The number of amides is 1. The first-order valence-corrected chi connectivity index (χ1v) is 11.2. The number of aromatic nitrogens is 2. The molecule has 0 aliphatic carbocycles. The minimum absolute atomic E-state index is 0.161. The van der Waals surface area contributed by atoms with Gasteiger partial charge in [-0.3, -0.25) is 19.7 Å². The van der Waals surface area contributed by atoms with Crippen LogP contribution in [0.25, 0.3) is 10.9 Å². The third-order valence-corrected chi connectivity index (χ3v) is 7.04. The highest BCUT2D eigenvalue weighted by atomic mass is 16.5. The van der Waals surface area contributed by atoms with E-state index in [4.69, 9.17) is 4.74 Å². The van der Waals surface area contributed by atoms with E-state index < -0.39 is 0 Å². The van der Waals surface area contributed by atoms with Crippen LogP contribution in [0.4, 0.5) is 0 Å². The lowest BCUT2D eigenvalue weighted by Gasteiger charge is -2.51. The number of hydrogen-bond donors (Lipinski definition) is 1. The Balaban J connectivity index is 1.57. The van der Waals surface area contributed by atoms with Crippen LogP contribution < -0.4 is 10.1 Å². The number of hydrogen-bond acceptors (Lipinski definition) is 5. The molecule has 6 rings (SSSR count). The van der Waals surface area contributed by atoms with Gasteiger partial charge in [0.05, 0.1) is 18.7 Å². The van der Waals surface area contributed by atoms with Gasteiger partial charge in [-0.15, -0.1) is 6.58 Å². The average molecular weight is 429 g/mol. The van der Waals surface area contributed by atoms with Gasteiger partial charge in [-0.25, -0.2) is 0 Å². The highest BCUT2D eigenvalue weighted by Crippen LogP contribution is 2.42. The van der Waals surface area contributed by atoms with Crippen molar-refractivity contribution in [3.63, 3.8) is 0 Å². The lowest BCUT2D eigenvalue weighted by Crippen LogP contribution is -2.57. The monoisotopic (exact) mass is 428 g/mol. The molecule has 5 unspecified atom stereocenters. The van der Waals surface area contributed by atoms with Crippen molar-refractivity contribution in [2.75, 3.05) is 20.2 Å². The number of ether oxygens (including phenoxy) is 1. The minimum atomic E-state index is -0.185. The number of nitrogens with one attached hydrogen (secondary N) is 1. The second-order valence-electron chi connectivity index (χ2n) is 8.70. The van der Waals surface area contributed by atoms with Crippen LogP contribution in [0.5, 0.6) is 5.75 Å². The number of fused-ring (bicyclic) bond motifs is 4. The molecule has 1 N–H and O–H groups in total. The Morgan fingerprint density at radius 1 is 1.25 bits per heavy atom. The summed E-state index contributed by atoms with van der Waals surface area (Å²) in [5.74, 6) is 1.73. The molecule has 5 atom stereocenters. The van der Waals surface area contributed by atoms with Crippen LogP contribution in [0, 0.1) is 11.8 Å². The molecule has 6 nitrogen and oxygen atoms in total. The summed E-state index contributed by atoms with van der Waals surface area (Å²) < 4.78 is 5.48. The molecule has 0 radical (unpaired) electrons. The molecule has 0 saturated carbocycles. The van der Waals surface area contributed by atoms with Crippen LogP contribution in [-0.4, -0.2) is 47.0 Å². The molecule has 3 aromatic rings. The Morgan fingerprint density at radius 3 is 2.88 bits per heavy atom. The van der Waals surface area contributed by atoms with Crippen LogP contribution in [0.1, 0.15) is 34.9 Å². The zero-order valence-electron chi connectivity index (χ0n) is 18.3. The van der Waals surface area contributed by atoms with Gasteiger partial charge in [-0.2, -0.15) is 0 Å². The van der Waals surface area contributed by atoms with Crippen molar-refractivity contribution < 1.29 is 9.53 Å². The molecule has 6 heteroatoms. The first-order valence-electron chi connectivity index (χ1n) is 11.2. The molecular formula is C26H28N4O2.